The molecular weight excluding hydrogens is 242 g/mol. The van der Waals surface area contributed by atoms with Crippen molar-refractivity contribution < 1.29 is 0 Å². The molecule has 0 aliphatic rings. The van der Waals surface area contributed by atoms with E-state index in [-0.39, 0.29) is 0 Å². The molecule has 0 spiro atoms. The van der Waals surface area contributed by atoms with Gasteiger partial charge in [0.1, 0.15) is 0 Å². The van der Waals surface area contributed by atoms with Crippen molar-refractivity contribution in [1.29, 1.82) is 0 Å². The number of halogens is 1. The summed E-state index contributed by atoms with van der Waals surface area (Å²) in [5.41, 5.74) is 8.97. The smallest absolute Gasteiger partial charge is 0.0522 e. The summed E-state index contributed by atoms with van der Waals surface area (Å²) in [5, 5.41) is 6.67. The first kappa shape index (κ1) is 9.27. The SMILES string of the molecule is Nc1c(Br)cccc1Cc1cn[nH]c1. The minimum absolute atomic E-state index is 0.800. The molecule has 14 heavy (non-hydrogen) atoms. The van der Waals surface area contributed by atoms with E-state index >= 15 is 0 Å². The second kappa shape index (κ2) is 3.84. The molecule has 4 heteroatoms. The lowest BCUT2D eigenvalue weighted by molar-refractivity contribution is 1.09. The van der Waals surface area contributed by atoms with Gasteiger partial charge < -0.3 is 5.73 Å². The molecule has 0 bridgehead atoms. The standard InChI is InChI=1S/C10H10BrN3/c11-9-3-1-2-8(10(9)12)4-7-5-13-14-6-7/h1-3,5-6H,4,12H2,(H,13,14). The number of anilines is 1. The molecule has 0 atom stereocenters. The van der Waals surface area contributed by atoms with Crippen LogP contribution in [-0.2, 0) is 6.42 Å². The van der Waals surface area contributed by atoms with Crippen LogP contribution in [0.5, 0.6) is 0 Å². The van der Waals surface area contributed by atoms with Crippen LogP contribution >= 0.6 is 15.9 Å². The summed E-state index contributed by atoms with van der Waals surface area (Å²) in [6.45, 7) is 0. The lowest BCUT2D eigenvalue weighted by atomic mass is 10.1. The first-order valence-corrected chi connectivity index (χ1v) is 5.07. The first-order valence-electron chi connectivity index (χ1n) is 4.28. The van der Waals surface area contributed by atoms with Crippen LogP contribution in [0.4, 0.5) is 5.69 Å². The highest BCUT2D eigenvalue weighted by Crippen LogP contribution is 2.24. The molecule has 0 radical (unpaired) electrons. The van der Waals surface area contributed by atoms with Crippen molar-refractivity contribution in [1.82, 2.24) is 10.2 Å². The molecule has 3 nitrogen and oxygen atoms in total. The van der Waals surface area contributed by atoms with Gasteiger partial charge in [0.05, 0.1) is 6.20 Å². The fourth-order valence-corrected chi connectivity index (χ4v) is 1.74. The van der Waals surface area contributed by atoms with E-state index in [1.54, 1.807) is 6.20 Å². The van der Waals surface area contributed by atoms with Crippen molar-refractivity contribution in [3.8, 4) is 0 Å². The summed E-state index contributed by atoms with van der Waals surface area (Å²) in [7, 11) is 0. The average Bonchev–Trinajstić information content (AvgIpc) is 2.66. The zero-order valence-corrected chi connectivity index (χ0v) is 9.08. The van der Waals surface area contributed by atoms with Crippen molar-refractivity contribution in [3.05, 3.63) is 46.2 Å². The zero-order chi connectivity index (χ0) is 9.97. The van der Waals surface area contributed by atoms with Crippen molar-refractivity contribution in [3.63, 3.8) is 0 Å². The summed E-state index contributed by atoms with van der Waals surface area (Å²) in [6.07, 6.45) is 4.49. The molecule has 0 saturated heterocycles. The Balaban J connectivity index is 2.29. The molecule has 1 aromatic carbocycles. The van der Waals surface area contributed by atoms with E-state index < -0.39 is 0 Å². The topological polar surface area (TPSA) is 54.7 Å². The maximum absolute atomic E-state index is 5.92. The minimum atomic E-state index is 0.800. The third kappa shape index (κ3) is 1.80. The molecule has 2 rings (SSSR count). The van der Waals surface area contributed by atoms with Crippen LogP contribution in [-0.4, -0.2) is 10.2 Å². The molecule has 1 aromatic heterocycles. The fraction of sp³-hybridized carbons (Fsp3) is 0.100. The highest BCUT2D eigenvalue weighted by atomic mass is 79.9. The Bertz CT molecular complexity index is 423. The maximum atomic E-state index is 5.92. The number of aromatic nitrogens is 2. The molecule has 0 amide bonds. The van der Waals surface area contributed by atoms with Crippen LogP contribution < -0.4 is 5.73 Å². The minimum Gasteiger partial charge on any atom is -0.398 e. The summed E-state index contributed by atoms with van der Waals surface area (Å²) in [5.74, 6) is 0. The fourth-order valence-electron chi connectivity index (χ4n) is 1.33. The number of para-hydroxylation sites is 1. The largest absolute Gasteiger partial charge is 0.398 e. The van der Waals surface area contributed by atoms with Crippen LogP contribution in [0.25, 0.3) is 0 Å². The highest BCUT2D eigenvalue weighted by Gasteiger charge is 2.03. The highest BCUT2D eigenvalue weighted by molar-refractivity contribution is 9.10. The third-order valence-electron chi connectivity index (χ3n) is 2.09. The van der Waals surface area contributed by atoms with E-state index in [4.69, 9.17) is 5.73 Å². The predicted molar refractivity (Wildman–Crippen MR) is 59.9 cm³/mol. The second-order valence-electron chi connectivity index (χ2n) is 3.10. The van der Waals surface area contributed by atoms with E-state index in [0.717, 1.165) is 27.7 Å². The van der Waals surface area contributed by atoms with Crippen molar-refractivity contribution in [2.45, 2.75) is 6.42 Å². The Morgan fingerprint density at radius 3 is 3.00 bits per heavy atom. The van der Waals surface area contributed by atoms with E-state index in [1.807, 2.05) is 24.4 Å². The summed E-state index contributed by atoms with van der Waals surface area (Å²) in [4.78, 5) is 0. The van der Waals surface area contributed by atoms with E-state index in [2.05, 4.69) is 26.1 Å². The lowest BCUT2D eigenvalue weighted by Gasteiger charge is -2.05. The average molecular weight is 252 g/mol. The zero-order valence-electron chi connectivity index (χ0n) is 7.50. The molecule has 0 fully saturated rings. The summed E-state index contributed by atoms with van der Waals surface area (Å²) < 4.78 is 0.943. The van der Waals surface area contributed by atoms with Gasteiger partial charge in [-0.1, -0.05) is 12.1 Å². The molecule has 1 heterocycles. The van der Waals surface area contributed by atoms with Crippen LogP contribution in [0.2, 0.25) is 0 Å². The number of rotatable bonds is 2. The van der Waals surface area contributed by atoms with Crippen LogP contribution in [0.1, 0.15) is 11.1 Å². The molecule has 0 saturated carbocycles. The van der Waals surface area contributed by atoms with Crippen LogP contribution in [0.3, 0.4) is 0 Å². The van der Waals surface area contributed by atoms with Gasteiger partial charge in [0.25, 0.3) is 0 Å². The lowest BCUT2D eigenvalue weighted by Crippen LogP contribution is -1.95. The monoisotopic (exact) mass is 251 g/mol. The van der Waals surface area contributed by atoms with Crippen molar-refractivity contribution in [2.75, 3.05) is 5.73 Å². The van der Waals surface area contributed by atoms with Gasteiger partial charge >= 0.3 is 0 Å². The molecule has 2 aromatic rings. The van der Waals surface area contributed by atoms with Crippen molar-refractivity contribution in [2.24, 2.45) is 0 Å². The number of H-pyrrole nitrogens is 1. The van der Waals surface area contributed by atoms with Gasteiger partial charge in [-0.3, -0.25) is 5.10 Å². The normalized spacial score (nSPS) is 10.4. The van der Waals surface area contributed by atoms with E-state index in [0.29, 0.717) is 0 Å². The van der Waals surface area contributed by atoms with Gasteiger partial charge in [0.2, 0.25) is 0 Å². The molecule has 0 unspecified atom stereocenters. The van der Waals surface area contributed by atoms with Crippen LogP contribution in [0, 0.1) is 0 Å². The molecule has 3 N–H and O–H groups in total. The Hall–Kier alpha value is -1.29. The molecular formula is C10H10BrN3. The quantitative estimate of drug-likeness (QED) is 0.806. The predicted octanol–water partition coefficient (Wildman–Crippen LogP) is 2.35. The number of nitrogens with two attached hydrogens (primary N) is 1. The number of nitrogen functional groups attached to an aromatic ring is 1. The van der Waals surface area contributed by atoms with Gasteiger partial charge in [-0.15, -0.1) is 0 Å². The van der Waals surface area contributed by atoms with Gasteiger partial charge in [0.15, 0.2) is 0 Å². The summed E-state index contributed by atoms with van der Waals surface area (Å²) in [6, 6.07) is 5.94. The first-order chi connectivity index (χ1) is 6.77. The molecule has 0 aliphatic carbocycles. The van der Waals surface area contributed by atoms with Gasteiger partial charge in [-0.05, 0) is 33.1 Å². The molecule has 0 aliphatic heterocycles. The number of nitrogens with one attached hydrogen (secondary N) is 1. The second-order valence-corrected chi connectivity index (χ2v) is 3.95. The number of hydrogen-bond donors (Lipinski definition) is 2. The van der Waals surface area contributed by atoms with Gasteiger partial charge in [-0.25, -0.2) is 0 Å². The van der Waals surface area contributed by atoms with Gasteiger partial charge in [-0.2, -0.15) is 5.10 Å². The Labute approximate surface area is 90.5 Å². The van der Waals surface area contributed by atoms with E-state index in [9.17, 15) is 0 Å². The Kier molecular flexibility index (Phi) is 2.54. The summed E-state index contributed by atoms with van der Waals surface area (Å²) >= 11 is 3.40. The third-order valence-corrected chi connectivity index (χ3v) is 2.78. The number of aromatic amines is 1. The number of benzene rings is 1. The Morgan fingerprint density at radius 1 is 1.43 bits per heavy atom. The van der Waals surface area contributed by atoms with Gasteiger partial charge in [0, 0.05) is 22.8 Å². The maximum Gasteiger partial charge on any atom is 0.0522 e. The van der Waals surface area contributed by atoms with E-state index in [1.165, 1.54) is 0 Å². The Morgan fingerprint density at radius 2 is 2.29 bits per heavy atom. The number of hydrogen-bond acceptors (Lipinski definition) is 2. The molecule has 72 valence electrons. The van der Waals surface area contributed by atoms with Crippen molar-refractivity contribution >= 4 is 21.6 Å². The number of nitrogens with zero attached hydrogens (tertiary/aromatic N) is 1. The van der Waals surface area contributed by atoms with Crippen LogP contribution in [0.15, 0.2) is 35.1 Å².